The van der Waals surface area contributed by atoms with E-state index in [1.165, 1.54) is 32.1 Å². The van der Waals surface area contributed by atoms with Gasteiger partial charge in [-0.2, -0.15) is 0 Å². The standard InChI is InChI=1S/C26H37N3O2.C22H43N3O2/c1-20(2)25(26(31)28-18-10-5-4-9-17-27)29(3)24(30)19-21-13-15-23(16-14-21)22-11-7-6-8-12-22;1-18(2)21(22(27)24-17-10-5-4-9-16-23)25(3)20(26)15-11-14-19-12-7-6-8-13-19/h6-8,11-16,20,25H,4-5,9-10,17-19,27H2,1-3H3,(H,28,31);18-19,21H,4-17,23H2,1-3H3,(H,24,27). The molecule has 1 aliphatic carbocycles. The Bertz CT molecular complexity index is 1430. The van der Waals surface area contributed by atoms with E-state index < -0.39 is 6.04 Å². The van der Waals surface area contributed by atoms with E-state index >= 15 is 0 Å². The van der Waals surface area contributed by atoms with Crippen molar-refractivity contribution in [1.29, 1.82) is 0 Å². The highest BCUT2D eigenvalue weighted by atomic mass is 16.2. The zero-order valence-corrected chi connectivity index (χ0v) is 37.1. The van der Waals surface area contributed by atoms with Gasteiger partial charge in [-0.05, 0) is 86.1 Å². The summed E-state index contributed by atoms with van der Waals surface area (Å²) in [5, 5.41) is 6.02. The predicted octanol–water partition coefficient (Wildman–Crippen LogP) is 7.87. The van der Waals surface area contributed by atoms with E-state index in [0.29, 0.717) is 26.1 Å². The summed E-state index contributed by atoms with van der Waals surface area (Å²) >= 11 is 0. The maximum Gasteiger partial charge on any atom is 0.243 e. The molecule has 0 aliphatic heterocycles. The van der Waals surface area contributed by atoms with Gasteiger partial charge >= 0.3 is 0 Å². The fourth-order valence-corrected chi connectivity index (χ4v) is 7.98. The summed E-state index contributed by atoms with van der Waals surface area (Å²) in [7, 11) is 3.51. The second-order valence-corrected chi connectivity index (χ2v) is 17.0. The molecule has 0 spiro atoms. The Morgan fingerprint density at radius 1 is 0.603 bits per heavy atom. The third kappa shape index (κ3) is 19.3. The number of nitrogens with one attached hydrogen (secondary N) is 2. The fourth-order valence-electron chi connectivity index (χ4n) is 7.98. The molecule has 1 fully saturated rings. The summed E-state index contributed by atoms with van der Waals surface area (Å²) in [6, 6.07) is 17.4. The van der Waals surface area contributed by atoms with Crippen LogP contribution in [0.3, 0.4) is 0 Å². The molecule has 10 nitrogen and oxygen atoms in total. The summed E-state index contributed by atoms with van der Waals surface area (Å²) in [5.41, 5.74) is 14.2. The molecule has 2 unspecified atom stereocenters. The van der Waals surface area contributed by atoms with Crippen molar-refractivity contribution in [3.05, 3.63) is 60.2 Å². The van der Waals surface area contributed by atoms with Crippen LogP contribution in [-0.2, 0) is 25.6 Å². The highest BCUT2D eigenvalue weighted by Gasteiger charge is 2.30. The first-order valence-electron chi connectivity index (χ1n) is 22.5. The predicted molar refractivity (Wildman–Crippen MR) is 240 cm³/mol. The normalized spacial score (nSPS) is 14.0. The highest BCUT2D eigenvalue weighted by Crippen LogP contribution is 2.28. The van der Waals surface area contributed by atoms with Gasteiger partial charge in [0.15, 0.2) is 0 Å². The lowest BCUT2D eigenvalue weighted by Crippen LogP contribution is -2.51. The molecule has 0 radical (unpaired) electrons. The largest absolute Gasteiger partial charge is 0.354 e. The lowest BCUT2D eigenvalue weighted by atomic mass is 9.86. The molecule has 0 heterocycles. The molecule has 1 aliphatic rings. The quantitative estimate of drug-likeness (QED) is 0.0751. The van der Waals surface area contributed by atoms with Crippen LogP contribution in [0, 0.1) is 17.8 Å². The number of unbranched alkanes of at least 4 members (excludes halogenated alkanes) is 6. The van der Waals surface area contributed by atoms with Crippen molar-refractivity contribution in [2.45, 2.75) is 149 Å². The monoisotopic (exact) mass is 805 g/mol. The minimum absolute atomic E-state index is 0.0213. The van der Waals surface area contributed by atoms with Crippen LogP contribution in [0.5, 0.6) is 0 Å². The van der Waals surface area contributed by atoms with E-state index in [2.05, 4.69) is 22.8 Å². The SMILES string of the molecule is CC(C)C(C(=O)NCCCCCCN)N(C)C(=O)CCCC1CCCCC1.CC(C)C(C(=O)NCCCCCCN)N(C)C(=O)Cc1ccc(-c2ccccc2)cc1. The Kier molecular flexibility index (Phi) is 25.6. The van der Waals surface area contributed by atoms with Crippen LogP contribution < -0.4 is 22.1 Å². The van der Waals surface area contributed by atoms with E-state index in [-0.39, 0.29) is 47.9 Å². The first-order valence-corrected chi connectivity index (χ1v) is 22.5. The third-order valence-electron chi connectivity index (χ3n) is 11.4. The maximum absolute atomic E-state index is 12.9. The number of rotatable bonds is 25. The Labute approximate surface area is 352 Å². The lowest BCUT2D eigenvalue weighted by Gasteiger charge is -2.30. The maximum atomic E-state index is 12.9. The molecular formula is C48H80N6O4. The number of benzene rings is 2. The van der Waals surface area contributed by atoms with E-state index in [4.69, 9.17) is 11.5 Å². The average molecular weight is 805 g/mol. The minimum atomic E-state index is -0.472. The highest BCUT2D eigenvalue weighted by molar-refractivity contribution is 5.89. The van der Waals surface area contributed by atoms with Crippen molar-refractivity contribution in [1.82, 2.24) is 20.4 Å². The number of carbonyl (C=O) groups excluding carboxylic acids is 4. The zero-order valence-electron chi connectivity index (χ0n) is 37.1. The molecule has 6 N–H and O–H groups in total. The molecule has 3 rings (SSSR count). The number of likely N-dealkylation sites (N-methyl/N-ethyl adjacent to an activating group) is 2. The molecule has 326 valence electrons. The van der Waals surface area contributed by atoms with Crippen molar-refractivity contribution in [2.75, 3.05) is 40.3 Å². The molecule has 1 saturated carbocycles. The van der Waals surface area contributed by atoms with Crippen LogP contribution in [0.1, 0.15) is 136 Å². The van der Waals surface area contributed by atoms with Gasteiger partial charge < -0.3 is 31.9 Å². The van der Waals surface area contributed by atoms with Crippen molar-refractivity contribution in [3.8, 4) is 11.1 Å². The number of carbonyl (C=O) groups is 4. The summed E-state index contributed by atoms with van der Waals surface area (Å²) in [5.74, 6) is 0.893. The molecular weight excluding hydrogens is 725 g/mol. The van der Waals surface area contributed by atoms with Gasteiger partial charge in [0.25, 0.3) is 0 Å². The van der Waals surface area contributed by atoms with Crippen LogP contribution in [0.4, 0.5) is 0 Å². The second kappa shape index (κ2) is 29.4. The molecule has 4 amide bonds. The van der Waals surface area contributed by atoms with Gasteiger partial charge in [0.2, 0.25) is 23.6 Å². The summed E-state index contributed by atoms with van der Waals surface area (Å²) in [6.45, 7) is 10.7. The average Bonchev–Trinajstić information content (AvgIpc) is 3.21. The Balaban J connectivity index is 0.000000404. The van der Waals surface area contributed by atoms with E-state index in [1.807, 2.05) is 70.2 Å². The van der Waals surface area contributed by atoms with E-state index in [0.717, 1.165) is 93.4 Å². The van der Waals surface area contributed by atoms with E-state index in [1.54, 1.807) is 23.9 Å². The number of hydrogen-bond acceptors (Lipinski definition) is 6. The van der Waals surface area contributed by atoms with Gasteiger partial charge in [-0.25, -0.2) is 0 Å². The smallest absolute Gasteiger partial charge is 0.243 e. The molecule has 0 bridgehead atoms. The van der Waals surface area contributed by atoms with Crippen molar-refractivity contribution < 1.29 is 19.2 Å². The summed E-state index contributed by atoms with van der Waals surface area (Å²) < 4.78 is 0. The van der Waals surface area contributed by atoms with Gasteiger partial charge in [0, 0.05) is 33.6 Å². The first kappa shape index (κ1) is 50.4. The molecule has 2 aromatic carbocycles. The van der Waals surface area contributed by atoms with Crippen LogP contribution >= 0.6 is 0 Å². The van der Waals surface area contributed by atoms with Crippen molar-refractivity contribution >= 4 is 23.6 Å². The second-order valence-electron chi connectivity index (χ2n) is 17.0. The zero-order chi connectivity index (χ0) is 42.7. The van der Waals surface area contributed by atoms with Crippen LogP contribution in [-0.4, -0.2) is 85.8 Å². The first-order chi connectivity index (χ1) is 27.9. The lowest BCUT2D eigenvalue weighted by molar-refractivity contribution is -0.140. The molecule has 0 saturated heterocycles. The van der Waals surface area contributed by atoms with Crippen molar-refractivity contribution in [2.24, 2.45) is 29.2 Å². The van der Waals surface area contributed by atoms with E-state index in [9.17, 15) is 19.2 Å². The number of amides is 4. The molecule has 0 aromatic heterocycles. The summed E-state index contributed by atoms with van der Waals surface area (Å²) in [6.07, 6.45) is 17.9. The molecule has 2 atom stereocenters. The fraction of sp³-hybridized carbons (Fsp3) is 0.667. The Morgan fingerprint density at radius 3 is 1.55 bits per heavy atom. The third-order valence-corrected chi connectivity index (χ3v) is 11.4. The van der Waals surface area contributed by atoms with Gasteiger partial charge in [0.1, 0.15) is 12.1 Å². The molecule has 2 aromatic rings. The Hall–Kier alpha value is -3.76. The van der Waals surface area contributed by atoms with Gasteiger partial charge in [-0.15, -0.1) is 0 Å². The number of hydrogen-bond donors (Lipinski definition) is 4. The molecule has 58 heavy (non-hydrogen) atoms. The number of nitrogens with two attached hydrogens (primary N) is 2. The van der Waals surface area contributed by atoms with Gasteiger partial charge in [-0.1, -0.05) is 140 Å². The Morgan fingerprint density at radius 2 is 1.07 bits per heavy atom. The minimum Gasteiger partial charge on any atom is -0.354 e. The van der Waals surface area contributed by atoms with Crippen LogP contribution in [0.25, 0.3) is 11.1 Å². The van der Waals surface area contributed by atoms with Gasteiger partial charge in [-0.3, -0.25) is 19.2 Å². The van der Waals surface area contributed by atoms with Crippen LogP contribution in [0.15, 0.2) is 54.6 Å². The summed E-state index contributed by atoms with van der Waals surface area (Å²) in [4.78, 5) is 54.2. The van der Waals surface area contributed by atoms with Crippen LogP contribution in [0.2, 0.25) is 0 Å². The van der Waals surface area contributed by atoms with Gasteiger partial charge in [0.05, 0.1) is 6.42 Å². The topological polar surface area (TPSA) is 151 Å². The number of nitrogens with zero attached hydrogens (tertiary/aromatic N) is 2. The molecule has 10 heteroatoms. The van der Waals surface area contributed by atoms with Crippen molar-refractivity contribution in [3.63, 3.8) is 0 Å².